The lowest BCUT2D eigenvalue weighted by Crippen LogP contribution is -2.17. The molecule has 1 fully saturated rings. The fraction of sp³-hybridized carbons (Fsp3) is 0.333. The molecule has 6 rings (SSSR count). The van der Waals surface area contributed by atoms with E-state index in [1.54, 1.807) is 5.57 Å². The largest absolute Gasteiger partial charge is 0.0804 e. The van der Waals surface area contributed by atoms with Gasteiger partial charge in [-0.2, -0.15) is 0 Å². The first-order valence-corrected chi connectivity index (χ1v) is 13.0. The summed E-state index contributed by atoms with van der Waals surface area (Å²) in [6.07, 6.45) is 25.8. The zero-order valence-corrected chi connectivity index (χ0v) is 19.8. The highest BCUT2D eigenvalue weighted by atomic mass is 14.3. The van der Waals surface area contributed by atoms with E-state index < -0.39 is 0 Å². The molecule has 4 aliphatic carbocycles. The van der Waals surface area contributed by atoms with Crippen LogP contribution in [0.3, 0.4) is 0 Å². The van der Waals surface area contributed by atoms with E-state index >= 15 is 0 Å². The molecule has 2 aromatic rings. The third-order valence-electron chi connectivity index (χ3n) is 8.39. The summed E-state index contributed by atoms with van der Waals surface area (Å²) < 4.78 is 0. The molecule has 0 radical (unpaired) electrons. The maximum absolute atomic E-state index is 2.63. The van der Waals surface area contributed by atoms with Crippen molar-refractivity contribution in [3.63, 3.8) is 0 Å². The monoisotopic (exact) mass is 430 g/mol. The molecule has 0 N–H and O–H groups in total. The van der Waals surface area contributed by atoms with Crippen LogP contribution in [0.1, 0.15) is 62.1 Å². The van der Waals surface area contributed by atoms with Crippen molar-refractivity contribution in [2.24, 2.45) is 17.8 Å². The van der Waals surface area contributed by atoms with Crippen LogP contribution in [0, 0.1) is 17.8 Å². The van der Waals surface area contributed by atoms with Crippen LogP contribution in [0.25, 0.3) is 16.7 Å². The number of benzene rings is 2. The lowest BCUT2D eigenvalue weighted by Gasteiger charge is -2.31. The predicted octanol–water partition coefficient (Wildman–Crippen LogP) is 8.86. The summed E-state index contributed by atoms with van der Waals surface area (Å²) in [6.45, 7) is 2.46. The van der Waals surface area contributed by atoms with Crippen molar-refractivity contribution in [3.05, 3.63) is 113 Å². The predicted molar refractivity (Wildman–Crippen MR) is 141 cm³/mol. The third kappa shape index (κ3) is 3.80. The zero-order valence-electron chi connectivity index (χ0n) is 19.8. The van der Waals surface area contributed by atoms with E-state index in [2.05, 4.69) is 91.9 Å². The molecule has 4 aliphatic rings. The lowest BCUT2D eigenvalue weighted by molar-refractivity contribution is 0.299. The summed E-state index contributed by atoms with van der Waals surface area (Å²) in [7, 11) is 0. The molecule has 2 atom stereocenters. The SMILES string of the molecule is CC(C=C1C=CC=C(c2cccc3c2Cc2ccccc2-3)C1C1=CC=CC1)C1CCCCC1. The zero-order chi connectivity index (χ0) is 22.2. The standard InChI is InChI=1S/C33H34/c1-23(24-11-3-2-4-12-24)21-27-16-9-20-31(33(27)25-13-5-6-14-25)30-19-10-18-29-28-17-8-7-15-26(28)22-32(29)30/h5-10,13,15-21,23-24,33H,2-4,11-12,14,22H2,1H3. The smallest absolute Gasteiger partial charge is 0.0308 e. The Kier molecular flexibility index (Phi) is 5.54. The quantitative estimate of drug-likeness (QED) is 0.388. The van der Waals surface area contributed by atoms with Crippen LogP contribution in [-0.4, -0.2) is 0 Å². The van der Waals surface area contributed by atoms with Gasteiger partial charge in [0.2, 0.25) is 0 Å². The summed E-state index contributed by atoms with van der Waals surface area (Å²) in [5.74, 6) is 1.86. The van der Waals surface area contributed by atoms with Gasteiger partial charge in [-0.1, -0.05) is 117 Å². The first-order chi connectivity index (χ1) is 16.3. The van der Waals surface area contributed by atoms with Gasteiger partial charge in [-0.15, -0.1) is 0 Å². The molecule has 33 heavy (non-hydrogen) atoms. The van der Waals surface area contributed by atoms with Gasteiger partial charge in [-0.25, -0.2) is 0 Å². The van der Waals surface area contributed by atoms with Gasteiger partial charge in [0.25, 0.3) is 0 Å². The highest BCUT2D eigenvalue weighted by Crippen LogP contribution is 2.47. The summed E-state index contributed by atoms with van der Waals surface area (Å²) in [5.41, 5.74) is 11.8. The molecule has 2 unspecified atom stereocenters. The van der Waals surface area contributed by atoms with Crippen LogP contribution in [0.4, 0.5) is 0 Å². The Morgan fingerprint density at radius 2 is 1.67 bits per heavy atom. The molecule has 0 amide bonds. The molecular weight excluding hydrogens is 396 g/mol. The summed E-state index contributed by atoms with van der Waals surface area (Å²) in [6, 6.07) is 15.9. The minimum Gasteiger partial charge on any atom is -0.0804 e. The van der Waals surface area contributed by atoms with Crippen molar-refractivity contribution >= 4 is 5.57 Å². The fourth-order valence-corrected chi connectivity index (χ4v) is 6.65. The molecule has 0 spiro atoms. The van der Waals surface area contributed by atoms with E-state index in [4.69, 9.17) is 0 Å². The van der Waals surface area contributed by atoms with Crippen molar-refractivity contribution in [2.75, 3.05) is 0 Å². The van der Waals surface area contributed by atoms with E-state index in [0.29, 0.717) is 11.8 Å². The van der Waals surface area contributed by atoms with Crippen molar-refractivity contribution in [1.29, 1.82) is 0 Å². The Hall–Kier alpha value is -2.86. The Labute approximate surface area is 199 Å². The Morgan fingerprint density at radius 3 is 2.52 bits per heavy atom. The van der Waals surface area contributed by atoms with E-state index in [1.165, 1.54) is 71.1 Å². The highest BCUT2D eigenvalue weighted by molar-refractivity contribution is 5.86. The summed E-state index contributed by atoms with van der Waals surface area (Å²) in [4.78, 5) is 0. The first kappa shape index (κ1) is 20.7. The molecule has 0 nitrogen and oxygen atoms in total. The van der Waals surface area contributed by atoms with Gasteiger partial charge < -0.3 is 0 Å². The maximum atomic E-state index is 2.63. The molecule has 0 heteroatoms. The van der Waals surface area contributed by atoms with Gasteiger partial charge >= 0.3 is 0 Å². The molecule has 0 aliphatic heterocycles. The topological polar surface area (TPSA) is 0 Å². The van der Waals surface area contributed by atoms with Gasteiger partial charge in [0.1, 0.15) is 0 Å². The number of allylic oxidation sites excluding steroid dienone is 10. The molecule has 0 bridgehead atoms. The van der Waals surface area contributed by atoms with Crippen LogP contribution in [0.2, 0.25) is 0 Å². The van der Waals surface area contributed by atoms with Crippen molar-refractivity contribution in [3.8, 4) is 11.1 Å². The van der Waals surface area contributed by atoms with Crippen LogP contribution in [0.5, 0.6) is 0 Å². The fourth-order valence-electron chi connectivity index (χ4n) is 6.65. The second-order valence-electron chi connectivity index (χ2n) is 10.4. The van der Waals surface area contributed by atoms with E-state index in [9.17, 15) is 0 Å². The molecule has 1 saturated carbocycles. The summed E-state index contributed by atoms with van der Waals surface area (Å²) in [5, 5.41) is 0. The van der Waals surface area contributed by atoms with Gasteiger partial charge in [0.15, 0.2) is 0 Å². The van der Waals surface area contributed by atoms with E-state index in [1.807, 2.05) is 0 Å². The average Bonchev–Trinajstić information content (AvgIpc) is 3.52. The number of hydrogen-bond donors (Lipinski definition) is 0. The Bertz CT molecular complexity index is 1210. The Balaban J connectivity index is 1.40. The highest BCUT2D eigenvalue weighted by Gasteiger charge is 2.30. The molecule has 0 aromatic heterocycles. The van der Waals surface area contributed by atoms with E-state index in [0.717, 1.165) is 18.8 Å². The van der Waals surface area contributed by atoms with Gasteiger partial charge in [0.05, 0.1) is 0 Å². The summed E-state index contributed by atoms with van der Waals surface area (Å²) >= 11 is 0. The number of rotatable bonds is 4. The molecule has 166 valence electrons. The normalized spacial score (nSPS) is 23.9. The second-order valence-corrected chi connectivity index (χ2v) is 10.4. The minimum atomic E-state index is 0.367. The van der Waals surface area contributed by atoms with Gasteiger partial charge in [-0.05, 0) is 76.5 Å². The maximum Gasteiger partial charge on any atom is 0.0308 e. The molecule has 0 saturated heterocycles. The van der Waals surface area contributed by atoms with Crippen LogP contribution < -0.4 is 0 Å². The number of hydrogen-bond acceptors (Lipinski definition) is 0. The van der Waals surface area contributed by atoms with Crippen LogP contribution in [-0.2, 0) is 6.42 Å². The molecular formula is C33H34. The minimum absolute atomic E-state index is 0.367. The third-order valence-corrected chi connectivity index (χ3v) is 8.39. The van der Waals surface area contributed by atoms with Crippen molar-refractivity contribution in [2.45, 2.75) is 51.9 Å². The van der Waals surface area contributed by atoms with Crippen LogP contribution >= 0.6 is 0 Å². The van der Waals surface area contributed by atoms with Crippen LogP contribution in [0.15, 0.2) is 96.1 Å². The first-order valence-electron chi connectivity index (χ1n) is 13.0. The average molecular weight is 431 g/mol. The second kappa shape index (κ2) is 8.82. The Morgan fingerprint density at radius 1 is 0.848 bits per heavy atom. The number of fused-ring (bicyclic) bond motifs is 3. The van der Waals surface area contributed by atoms with Gasteiger partial charge in [-0.3, -0.25) is 0 Å². The van der Waals surface area contributed by atoms with Crippen molar-refractivity contribution < 1.29 is 0 Å². The van der Waals surface area contributed by atoms with E-state index in [-0.39, 0.29) is 0 Å². The van der Waals surface area contributed by atoms with Gasteiger partial charge in [0, 0.05) is 5.92 Å². The molecule has 2 aromatic carbocycles. The van der Waals surface area contributed by atoms with Crippen molar-refractivity contribution in [1.82, 2.24) is 0 Å². The lowest BCUT2D eigenvalue weighted by atomic mass is 9.73. The molecule has 0 heterocycles.